The van der Waals surface area contributed by atoms with E-state index in [2.05, 4.69) is 36.0 Å². The summed E-state index contributed by atoms with van der Waals surface area (Å²) in [6, 6.07) is 11.8. The number of methoxy groups -OCH3 is 1. The van der Waals surface area contributed by atoms with E-state index in [1.807, 2.05) is 12.1 Å². The summed E-state index contributed by atoms with van der Waals surface area (Å²) in [5.74, 6) is -2.91. The number of unbranched alkanes of at least 4 members (excludes halogenated alkanes) is 1. The molecule has 5 aromatic rings. The van der Waals surface area contributed by atoms with E-state index in [0.29, 0.717) is 46.7 Å². The van der Waals surface area contributed by atoms with Gasteiger partial charge in [-0.05, 0) is 79.0 Å². The average Bonchev–Trinajstić information content (AvgIpc) is 3.60. The summed E-state index contributed by atoms with van der Waals surface area (Å²) in [6.45, 7) is 11.3. The fraction of sp³-hybridized carbons (Fsp3) is 0.435. The quantitative estimate of drug-likeness (QED) is 0.0384. The minimum atomic E-state index is -0.969. The van der Waals surface area contributed by atoms with Crippen LogP contribution in [0.3, 0.4) is 0 Å². The number of benzene rings is 2. The molecule has 0 saturated heterocycles. The van der Waals surface area contributed by atoms with Gasteiger partial charge < -0.3 is 39.6 Å². The number of carbonyl (C=O) groups is 4. The lowest BCUT2D eigenvalue weighted by atomic mass is 9.97. The molecule has 2 amide bonds. The molecule has 3 N–H and O–H groups in total. The first-order chi connectivity index (χ1) is 30.8. The number of ether oxygens (including phenoxy) is 5. The van der Waals surface area contributed by atoms with Crippen LogP contribution < -0.4 is 25.4 Å². The van der Waals surface area contributed by atoms with Gasteiger partial charge in [-0.25, -0.2) is 28.3 Å². The largest absolute Gasteiger partial charge is 0.491 e. The molecule has 2 aromatic carbocycles. The number of carbonyl (C=O) groups excluding carboxylic acids is 4. The van der Waals surface area contributed by atoms with Crippen LogP contribution in [0.4, 0.5) is 29.9 Å². The fourth-order valence-electron chi connectivity index (χ4n) is 6.39. The van der Waals surface area contributed by atoms with Crippen molar-refractivity contribution in [3.63, 3.8) is 0 Å². The van der Waals surface area contributed by atoms with Crippen molar-refractivity contribution < 1.29 is 51.6 Å². The summed E-state index contributed by atoms with van der Waals surface area (Å²) < 4.78 is 59.5. The molecule has 348 valence electrons. The van der Waals surface area contributed by atoms with E-state index in [-0.39, 0.29) is 56.3 Å². The Bertz CT molecular complexity index is 2410. The number of aromatic nitrogens is 5. The molecular formula is C46H56F2N8O9. The lowest BCUT2D eigenvalue weighted by Crippen LogP contribution is -2.44. The number of alkyl carbamates (subject to hydrolysis) is 2. The van der Waals surface area contributed by atoms with Crippen LogP contribution in [0.1, 0.15) is 79.7 Å². The van der Waals surface area contributed by atoms with Crippen LogP contribution in [-0.2, 0) is 30.3 Å². The maximum absolute atomic E-state index is 15.6. The van der Waals surface area contributed by atoms with Crippen molar-refractivity contribution >= 4 is 46.3 Å². The van der Waals surface area contributed by atoms with Gasteiger partial charge in [0.15, 0.2) is 23.2 Å². The van der Waals surface area contributed by atoms with E-state index in [9.17, 15) is 19.2 Å². The van der Waals surface area contributed by atoms with Crippen LogP contribution >= 0.6 is 0 Å². The molecule has 17 nitrogen and oxygen atoms in total. The molecule has 0 unspecified atom stereocenters. The maximum Gasteiger partial charge on any atom is 0.408 e. The molecule has 0 aliphatic heterocycles. The molecule has 0 fully saturated rings. The molecule has 0 aliphatic carbocycles. The summed E-state index contributed by atoms with van der Waals surface area (Å²) >= 11 is 0. The van der Waals surface area contributed by atoms with Crippen molar-refractivity contribution in [3.8, 4) is 23.0 Å². The van der Waals surface area contributed by atoms with Gasteiger partial charge >= 0.3 is 18.2 Å². The van der Waals surface area contributed by atoms with Gasteiger partial charge in [0.25, 0.3) is 0 Å². The zero-order valence-corrected chi connectivity index (χ0v) is 37.8. The number of esters is 1. The van der Waals surface area contributed by atoms with Crippen molar-refractivity contribution in [2.24, 2.45) is 5.92 Å². The molecule has 0 aliphatic rings. The summed E-state index contributed by atoms with van der Waals surface area (Å²) in [7, 11) is 1.50. The fourth-order valence-corrected chi connectivity index (χ4v) is 6.39. The Hall–Kier alpha value is -6.92. The van der Waals surface area contributed by atoms with Gasteiger partial charge in [0, 0.05) is 54.1 Å². The number of ketones is 1. The molecule has 3 heterocycles. The number of amides is 2. The molecule has 0 spiro atoms. The van der Waals surface area contributed by atoms with E-state index in [4.69, 9.17) is 23.7 Å². The van der Waals surface area contributed by atoms with Crippen LogP contribution in [-0.4, -0.2) is 92.8 Å². The maximum atomic E-state index is 15.6. The highest BCUT2D eigenvalue weighted by Crippen LogP contribution is 2.32. The number of nitrogens with zero attached hydrogens (tertiary/aromatic N) is 5. The van der Waals surface area contributed by atoms with E-state index in [0.717, 1.165) is 12.1 Å². The predicted octanol–water partition coefficient (Wildman–Crippen LogP) is 8.07. The second-order valence-corrected chi connectivity index (χ2v) is 17.1. The molecule has 5 rings (SSSR count). The monoisotopic (exact) mass is 902 g/mol. The molecule has 19 heteroatoms. The predicted molar refractivity (Wildman–Crippen MR) is 237 cm³/mol. The van der Waals surface area contributed by atoms with Crippen molar-refractivity contribution in [3.05, 3.63) is 84.3 Å². The lowest BCUT2D eigenvalue weighted by Gasteiger charge is -2.24. The van der Waals surface area contributed by atoms with Crippen molar-refractivity contribution in [2.75, 3.05) is 32.2 Å². The summed E-state index contributed by atoms with van der Waals surface area (Å²) in [5, 5.41) is 13.8. The highest BCUT2D eigenvalue weighted by molar-refractivity contribution is 5.92. The number of hydrogen-bond donors (Lipinski definition) is 3. The molecule has 0 radical (unpaired) electrons. The summed E-state index contributed by atoms with van der Waals surface area (Å²) in [5.41, 5.74) is -0.0433. The third kappa shape index (κ3) is 14.8. The Morgan fingerprint density at radius 3 is 2.23 bits per heavy atom. The third-order valence-corrected chi connectivity index (χ3v) is 9.38. The van der Waals surface area contributed by atoms with E-state index >= 15 is 8.78 Å². The van der Waals surface area contributed by atoms with Gasteiger partial charge in [-0.3, -0.25) is 19.3 Å². The zero-order chi connectivity index (χ0) is 47.3. The van der Waals surface area contributed by atoms with E-state index in [1.54, 1.807) is 78.2 Å². The lowest BCUT2D eigenvalue weighted by molar-refractivity contribution is -0.150. The topological polar surface area (TPSA) is 207 Å². The number of rotatable bonds is 20. The molecule has 0 saturated carbocycles. The second kappa shape index (κ2) is 22.1. The van der Waals surface area contributed by atoms with Crippen LogP contribution in [0, 0.1) is 17.6 Å². The van der Waals surface area contributed by atoms with Crippen LogP contribution in [0.5, 0.6) is 11.5 Å². The molecule has 2 atom stereocenters. The second-order valence-electron chi connectivity index (χ2n) is 17.1. The van der Waals surface area contributed by atoms with Crippen molar-refractivity contribution in [1.82, 2.24) is 35.4 Å². The highest BCUT2D eigenvalue weighted by atomic mass is 19.1. The molecular weight excluding hydrogens is 847 g/mol. The SMILES string of the molecule is COc1cnc(-c2nn(Cc3c(F)cc(OCCOC(=O)[C@H](C)CC(=O)[C@H](CCCCNC(=O)OC(C)(C)C)NC(=O)OC(C)(C)C)cc3F)c3ccccc23)nc1Nc1ccncc1. The first kappa shape index (κ1) is 49.1. The normalized spacial score (nSPS) is 12.5. The van der Waals surface area contributed by atoms with Gasteiger partial charge in [-0.2, -0.15) is 5.10 Å². The summed E-state index contributed by atoms with van der Waals surface area (Å²) in [4.78, 5) is 63.9. The summed E-state index contributed by atoms with van der Waals surface area (Å²) in [6.07, 6.45) is 4.33. The number of anilines is 2. The minimum absolute atomic E-state index is 0.132. The van der Waals surface area contributed by atoms with E-state index < -0.39 is 58.7 Å². The standard InChI is InChI=1S/C46H56F2N8O9/c1-28(23-37(57)35(53-44(60)65-46(5,6)7)14-11-12-18-50-43(59)64-45(2,3)4)42(58)63-22-21-62-30-24-33(47)32(34(48)25-30)27-56-36-15-10-9-13-31(36)39(55-56)41-51-26-38(61-8)40(54-41)52-29-16-19-49-20-17-29/h9-10,13,15-17,19-20,24-26,28,35H,11-12,14,18,21-23,27H2,1-8H3,(H,50,59)(H,53,60)(H,49,51,52,54)/t28-,35+/m1/s1. The van der Waals surface area contributed by atoms with Gasteiger partial charge in [0.2, 0.25) is 0 Å². The van der Waals surface area contributed by atoms with Crippen LogP contribution in [0.25, 0.3) is 22.4 Å². The number of fused-ring (bicyclic) bond motifs is 1. The van der Waals surface area contributed by atoms with Crippen LogP contribution in [0.15, 0.2) is 67.1 Å². The van der Waals surface area contributed by atoms with Crippen LogP contribution in [0.2, 0.25) is 0 Å². The van der Waals surface area contributed by atoms with Gasteiger partial charge in [-0.15, -0.1) is 0 Å². The number of pyridine rings is 1. The minimum Gasteiger partial charge on any atom is -0.491 e. The Kier molecular flexibility index (Phi) is 16.7. The average molecular weight is 903 g/mol. The van der Waals surface area contributed by atoms with Crippen molar-refractivity contribution in [1.29, 1.82) is 0 Å². The van der Waals surface area contributed by atoms with Gasteiger partial charge in [-0.1, -0.05) is 25.1 Å². The smallest absolute Gasteiger partial charge is 0.408 e. The number of Topliss-reactive ketones (excluding diaryl/α,β-unsaturated/α-hetero) is 1. The van der Waals surface area contributed by atoms with Gasteiger partial charge in [0.1, 0.15) is 47.5 Å². The zero-order valence-electron chi connectivity index (χ0n) is 37.8. The first-order valence-corrected chi connectivity index (χ1v) is 21.1. The number of hydrogen-bond acceptors (Lipinski definition) is 14. The number of para-hydroxylation sites is 1. The molecule has 65 heavy (non-hydrogen) atoms. The van der Waals surface area contributed by atoms with Crippen molar-refractivity contribution in [2.45, 2.75) is 97.9 Å². The molecule has 3 aromatic heterocycles. The Morgan fingerprint density at radius 1 is 0.877 bits per heavy atom. The Labute approximate surface area is 376 Å². The third-order valence-electron chi connectivity index (χ3n) is 9.38. The first-order valence-electron chi connectivity index (χ1n) is 21.1. The number of halogens is 2. The number of nitrogens with one attached hydrogen (secondary N) is 3. The Morgan fingerprint density at radius 2 is 1.55 bits per heavy atom. The van der Waals surface area contributed by atoms with Gasteiger partial charge in [0.05, 0.1) is 37.3 Å². The van der Waals surface area contributed by atoms with E-state index in [1.165, 1.54) is 24.9 Å². The Balaban J connectivity index is 1.16. The highest BCUT2D eigenvalue weighted by Gasteiger charge is 2.28. The molecule has 0 bridgehead atoms.